The molecular weight excluding hydrogens is 346 g/mol. The molecule has 1 heterocycles. The summed E-state index contributed by atoms with van der Waals surface area (Å²) >= 11 is 0. The summed E-state index contributed by atoms with van der Waals surface area (Å²) in [4.78, 5) is 4.52. The highest BCUT2D eigenvalue weighted by Gasteiger charge is 2.17. The summed E-state index contributed by atoms with van der Waals surface area (Å²) in [6, 6.07) is 17.1. The fraction of sp³-hybridized carbons (Fsp3) is 0.100. The number of aromatic nitrogens is 1. The number of sulfone groups is 1. The van der Waals surface area contributed by atoms with E-state index in [-0.39, 0.29) is 9.79 Å². The smallest absolute Gasteiger partial charge is 0.206 e. The van der Waals surface area contributed by atoms with Gasteiger partial charge < -0.3 is 0 Å². The molecule has 0 aliphatic rings. The van der Waals surface area contributed by atoms with Crippen molar-refractivity contribution >= 4 is 21.2 Å². The van der Waals surface area contributed by atoms with Crippen LogP contribution in [0.5, 0.6) is 0 Å². The standard InChI is InChI=1S/C20H19N3O2S/c1-15-3-7-19(8-4-15)26(24,25)20-9-5-18(6-10-20)23-22-16(2)17-11-13-21-14-12-17/h3-14,23H,1-2H3/b22-16-. The van der Waals surface area contributed by atoms with Crippen molar-refractivity contribution in [1.82, 2.24) is 4.98 Å². The molecule has 0 saturated heterocycles. The van der Waals surface area contributed by atoms with Gasteiger partial charge in [-0.25, -0.2) is 8.42 Å². The first-order valence-corrected chi connectivity index (χ1v) is 9.58. The average molecular weight is 365 g/mol. The number of rotatable bonds is 5. The minimum atomic E-state index is -3.52. The van der Waals surface area contributed by atoms with Crippen molar-refractivity contribution in [3.63, 3.8) is 0 Å². The summed E-state index contributed by atoms with van der Waals surface area (Å²) in [5, 5.41) is 4.31. The normalized spacial score (nSPS) is 12.0. The van der Waals surface area contributed by atoms with Gasteiger partial charge in [0, 0.05) is 18.0 Å². The molecular formula is C20H19N3O2S. The summed E-state index contributed by atoms with van der Waals surface area (Å²) in [6.45, 7) is 3.81. The van der Waals surface area contributed by atoms with E-state index < -0.39 is 9.84 Å². The van der Waals surface area contributed by atoms with Gasteiger partial charge in [0.15, 0.2) is 0 Å². The quantitative estimate of drug-likeness (QED) is 0.547. The Hall–Kier alpha value is -2.99. The van der Waals surface area contributed by atoms with Crippen LogP contribution >= 0.6 is 0 Å². The molecule has 3 aromatic rings. The molecule has 0 spiro atoms. The van der Waals surface area contributed by atoms with Gasteiger partial charge in [0.05, 0.1) is 21.2 Å². The number of nitrogens with one attached hydrogen (secondary N) is 1. The zero-order chi connectivity index (χ0) is 18.6. The molecule has 0 radical (unpaired) electrons. The van der Waals surface area contributed by atoms with Crippen molar-refractivity contribution in [2.45, 2.75) is 23.6 Å². The lowest BCUT2D eigenvalue weighted by Gasteiger charge is -2.07. The lowest BCUT2D eigenvalue weighted by Crippen LogP contribution is -2.03. The third-order valence-corrected chi connectivity index (χ3v) is 5.73. The van der Waals surface area contributed by atoms with Crippen molar-refractivity contribution in [3.05, 3.63) is 84.2 Å². The van der Waals surface area contributed by atoms with Crippen LogP contribution in [0, 0.1) is 6.92 Å². The Morgan fingerprint density at radius 2 is 1.42 bits per heavy atom. The van der Waals surface area contributed by atoms with Crippen LogP contribution in [0.1, 0.15) is 18.1 Å². The first-order valence-electron chi connectivity index (χ1n) is 8.09. The van der Waals surface area contributed by atoms with E-state index >= 15 is 0 Å². The summed E-state index contributed by atoms with van der Waals surface area (Å²) < 4.78 is 25.3. The third-order valence-electron chi connectivity index (χ3n) is 3.95. The van der Waals surface area contributed by atoms with Crippen LogP contribution in [-0.4, -0.2) is 19.1 Å². The number of aryl methyl sites for hydroxylation is 1. The minimum absolute atomic E-state index is 0.252. The molecule has 1 N–H and O–H groups in total. The number of anilines is 1. The summed E-state index contributed by atoms with van der Waals surface area (Å²) in [5.41, 5.74) is 6.44. The molecule has 6 heteroatoms. The molecule has 0 aliphatic carbocycles. The van der Waals surface area contributed by atoms with E-state index in [1.54, 1.807) is 60.9 Å². The largest absolute Gasteiger partial charge is 0.278 e. The SMILES string of the molecule is C/C(=N/Nc1ccc(S(=O)(=O)c2ccc(C)cc2)cc1)c1ccncc1. The van der Waals surface area contributed by atoms with Gasteiger partial charge in [-0.1, -0.05) is 17.7 Å². The second-order valence-corrected chi connectivity index (χ2v) is 7.84. The van der Waals surface area contributed by atoms with Crippen LogP contribution in [0.15, 0.2) is 87.9 Å². The fourth-order valence-electron chi connectivity index (χ4n) is 2.37. The summed E-state index contributed by atoms with van der Waals surface area (Å²) in [7, 11) is -3.52. The number of benzene rings is 2. The van der Waals surface area contributed by atoms with Crippen molar-refractivity contribution in [3.8, 4) is 0 Å². The lowest BCUT2D eigenvalue weighted by atomic mass is 10.2. The van der Waals surface area contributed by atoms with E-state index in [9.17, 15) is 8.42 Å². The molecule has 0 amide bonds. The molecule has 0 aliphatic heterocycles. The van der Waals surface area contributed by atoms with Gasteiger partial charge in [0.25, 0.3) is 0 Å². The van der Waals surface area contributed by atoms with E-state index in [2.05, 4.69) is 15.5 Å². The van der Waals surface area contributed by atoms with E-state index in [4.69, 9.17) is 0 Å². The highest BCUT2D eigenvalue weighted by molar-refractivity contribution is 7.91. The highest BCUT2D eigenvalue weighted by atomic mass is 32.2. The van der Waals surface area contributed by atoms with E-state index in [0.717, 1.165) is 16.8 Å². The number of nitrogens with zero attached hydrogens (tertiary/aromatic N) is 2. The maximum absolute atomic E-state index is 12.7. The summed E-state index contributed by atoms with van der Waals surface area (Å²) in [5.74, 6) is 0. The van der Waals surface area contributed by atoms with Gasteiger partial charge in [-0.2, -0.15) is 5.10 Å². The highest BCUT2D eigenvalue weighted by Crippen LogP contribution is 2.22. The van der Waals surface area contributed by atoms with Gasteiger partial charge >= 0.3 is 0 Å². The zero-order valence-electron chi connectivity index (χ0n) is 14.5. The van der Waals surface area contributed by atoms with Crippen molar-refractivity contribution in [1.29, 1.82) is 0 Å². The first kappa shape index (κ1) is 17.8. The topological polar surface area (TPSA) is 71.4 Å². The molecule has 5 nitrogen and oxygen atoms in total. The second-order valence-electron chi connectivity index (χ2n) is 5.89. The van der Waals surface area contributed by atoms with Gasteiger partial charge in [-0.15, -0.1) is 0 Å². The maximum Gasteiger partial charge on any atom is 0.206 e. The summed E-state index contributed by atoms with van der Waals surface area (Å²) in [6.07, 6.45) is 3.41. The number of hydrogen-bond acceptors (Lipinski definition) is 5. The number of hydrazone groups is 1. The van der Waals surface area contributed by atoms with Crippen molar-refractivity contribution < 1.29 is 8.42 Å². The zero-order valence-corrected chi connectivity index (χ0v) is 15.4. The lowest BCUT2D eigenvalue weighted by molar-refractivity contribution is 0.596. The molecule has 0 saturated carbocycles. The van der Waals surface area contributed by atoms with Crippen LogP contribution < -0.4 is 5.43 Å². The number of hydrogen-bond donors (Lipinski definition) is 1. The van der Waals surface area contributed by atoms with Crippen LogP contribution in [0.2, 0.25) is 0 Å². The van der Waals surface area contributed by atoms with Crippen molar-refractivity contribution in [2.24, 2.45) is 5.10 Å². The first-order chi connectivity index (χ1) is 12.5. The molecule has 0 bridgehead atoms. The van der Waals surface area contributed by atoms with Crippen LogP contribution in [0.4, 0.5) is 5.69 Å². The third kappa shape index (κ3) is 3.97. The number of pyridine rings is 1. The van der Waals surface area contributed by atoms with Crippen LogP contribution in [0.3, 0.4) is 0 Å². The van der Waals surface area contributed by atoms with Crippen molar-refractivity contribution in [2.75, 3.05) is 5.43 Å². The molecule has 0 atom stereocenters. The monoisotopic (exact) mass is 365 g/mol. The maximum atomic E-state index is 12.7. The Bertz CT molecular complexity index is 1010. The van der Waals surface area contributed by atoms with E-state index in [0.29, 0.717) is 5.69 Å². The molecule has 3 rings (SSSR count). The molecule has 2 aromatic carbocycles. The predicted octanol–water partition coefficient (Wildman–Crippen LogP) is 4.06. The van der Waals surface area contributed by atoms with Crippen LogP contribution in [-0.2, 0) is 9.84 Å². The second kappa shape index (κ2) is 7.49. The Balaban J connectivity index is 1.77. The van der Waals surface area contributed by atoms with Gasteiger partial charge in [-0.3, -0.25) is 10.4 Å². The average Bonchev–Trinajstić information content (AvgIpc) is 2.67. The van der Waals surface area contributed by atoms with Gasteiger partial charge in [0.2, 0.25) is 9.84 Å². The molecule has 26 heavy (non-hydrogen) atoms. The molecule has 132 valence electrons. The Kier molecular flexibility index (Phi) is 5.14. The molecule has 0 fully saturated rings. The van der Waals surface area contributed by atoms with Crippen LogP contribution in [0.25, 0.3) is 0 Å². The minimum Gasteiger partial charge on any atom is -0.278 e. The Morgan fingerprint density at radius 1 is 0.885 bits per heavy atom. The van der Waals surface area contributed by atoms with Gasteiger partial charge in [-0.05, 0) is 62.4 Å². The Morgan fingerprint density at radius 3 is 2.00 bits per heavy atom. The van der Waals surface area contributed by atoms with E-state index in [1.165, 1.54) is 0 Å². The van der Waals surface area contributed by atoms with Gasteiger partial charge in [0.1, 0.15) is 0 Å². The molecule has 0 unspecified atom stereocenters. The molecule has 1 aromatic heterocycles. The Labute approximate surface area is 153 Å². The fourth-order valence-corrected chi connectivity index (χ4v) is 3.63. The van der Waals surface area contributed by atoms with E-state index in [1.807, 2.05) is 26.0 Å². The predicted molar refractivity (Wildman–Crippen MR) is 103 cm³/mol.